The zero-order valence-electron chi connectivity index (χ0n) is 11.4. The van der Waals surface area contributed by atoms with Gasteiger partial charge in [-0.2, -0.15) is 0 Å². The van der Waals surface area contributed by atoms with E-state index in [1.165, 1.54) is 26.3 Å². The highest BCUT2D eigenvalue weighted by Gasteiger charge is 2.26. The number of benzene rings is 1. The van der Waals surface area contributed by atoms with Crippen LogP contribution in [0.3, 0.4) is 0 Å². The number of hydrogen-bond donors (Lipinski definition) is 1. The molecule has 0 unspecified atom stereocenters. The Morgan fingerprint density at radius 2 is 2.10 bits per heavy atom. The van der Waals surface area contributed by atoms with E-state index in [1.54, 1.807) is 0 Å². The fourth-order valence-electron chi connectivity index (χ4n) is 1.67. The van der Waals surface area contributed by atoms with Crippen molar-refractivity contribution < 1.29 is 17.5 Å². The summed E-state index contributed by atoms with van der Waals surface area (Å²) in [6.45, 7) is 0.621. The van der Waals surface area contributed by atoms with Crippen LogP contribution in [0.25, 0.3) is 0 Å². The Kier molecular flexibility index (Phi) is 6.53. The molecule has 0 aliphatic rings. The van der Waals surface area contributed by atoms with Gasteiger partial charge >= 0.3 is 0 Å². The van der Waals surface area contributed by atoms with E-state index in [0.717, 1.165) is 4.31 Å². The minimum atomic E-state index is -3.89. The molecule has 0 heterocycles. The normalized spacial score (nSPS) is 12.1. The first-order chi connectivity index (χ1) is 9.34. The average Bonchev–Trinajstić information content (AvgIpc) is 2.40. The molecule has 114 valence electrons. The van der Waals surface area contributed by atoms with Crippen molar-refractivity contribution in [1.29, 1.82) is 0 Å². The van der Waals surface area contributed by atoms with Crippen molar-refractivity contribution in [3.8, 4) is 0 Å². The van der Waals surface area contributed by atoms with Gasteiger partial charge in [0.1, 0.15) is 10.7 Å². The number of hydrogen-bond acceptors (Lipinski definition) is 4. The van der Waals surface area contributed by atoms with Gasteiger partial charge in [-0.3, -0.25) is 0 Å². The van der Waals surface area contributed by atoms with E-state index < -0.39 is 15.8 Å². The summed E-state index contributed by atoms with van der Waals surface area (Å²) in [7, 11) is -0.940. The molecule has 0 aliphatic carbocycles. The van der Waals surface area contributed by atoms with Gasteiger partial charge in [0, 0.05) is 43.9 Å². The van der Waals surface area contributed by atoms with Crippen LogP contribution in [0.4, 0.5) is 4.39 Å². The largest absolute Gasteiger partial charge is 0.385 e. The predicted molar refractivity (Wildman–Crippen MR) is 78.3 cm³/mol. The Labute approximate surface area is 127 Å². The summed E-state index contributed by atoms with van der Waals surface area (Å²) in [4.78, 5) is -0.368. The van der Waals surface area contributed by atoms with Crippen molar-refractivity contribution in [1.82, 2.24) is 4.31 Å². The summed E-state index contributed by atoms with van der Waals surface area (Å²) in [6, 6.07) is 2.72. The number of sulfonamides is 1. The van der Waals surface area contributed by atoms with Gasteiger partial charge in [-0.15, -0.1) is 0 Å². The molecule has 0 radical (unpaired) electrons. The summed E-state index contributed by atoms with van der Waals surface area (Å²) < 4.78 is 45.3. The molecule has 1 rings (SSSR count). The number of ether oxygens (including phenoxy) is 1. The second kappa shape index (κ2) is 7.46. The van der Waals surface area contributed by atoms with Crippen molar-refractivity contribution in [3.05, 3.63) is 28.0 Å². The Bertz CT molecular complexity index is 566. The van der Waals surface area contributed by atoms with Crippen LogP contribution < -0.4 is 5.73 Å². The van der Waals surface area contributed by atoms with Crippen LogP contribution in [-0.2, 0) is 21.3 Å². The third-order valence-corrected chi connectivity index (χ3v) is 5.12. The van der Waals surface area contributed by atoms with E-state index >= 15 is 0 Å². The Balaban J connectivity index is 3.12. The lowest BCUT2D eigenvalue weighted by Gasteiger charge is -2.18. The van der Waals surface area contributed by atoms with Crippen LogP contribution in [-0.4, -0.2) is 40.0 Å². The Morgan fingerprint density at radius 1 is 1.45 bits per heavy atom. The van der Waals surface area contributed by atoms with Gasteiger partial charge in [-0.25, -0.2) is 17.1 Å². The van der Waals surface area contributed by atoms with Gasteiger partial charge in [0.05, 0.1) is 0 Å². The first-order valence-corrected chi connectivity index (χ1v) is 8.21. The molecule has 0 saturated heterocycles. The number of halogens is 2. The molecule has 8 heteroatoms. The fourth-order valence-corrected chi connectivity index (χ4v) is 3.67. The zero-order chi connectivity index (χ0) is 15.3. The lowest BCUT2D eigenvalue weighted by atomic mass is 10.2. The first kappa shape index (κ1) is 17.5. The molecule has 0 aromatic heterocycles. The van der Waals surface area contributed by atoms with E-state index in [0.29, 0.717) is 17.5 Å². The molecular weight excluding hydrogens is 351 g/mol. The van der Waals surface area contributed by atoms with Gasteiger partial charge in [0.25, 0.3) is 0 Å². The summed E-state index contributed by atoms with van der Waals surface area (Å²) in [5.74, 6) is -0.797. The van der Waals surface area contributed by atoms with Crippen molar-refractivity contribution >= 4 is 26.0 Å². The molecule has 0 fully saturated rings. The van der Waals surface area contributed by atoms with Gasteiger partial charge in [0.2, 0.25) is 10.0 Å². The minimum Gasteiger partial charge on any atom is -0.385 e. The molecule has 0 aliphatic heterocycles. The van der Waals surface area contributed by atoms with Crippen molar-refractivity contribution in [2.75, 3.05) is 27.3 Å². The van der Waals surface area contributed by atoms with Crippen molar-refractivity contribution in [2.45, 2.75) is 17.9 Å². The van der Waals surface area contributed by atoms with Gasteiger partial charge in [-0.05, 0) is 18.6 Å². The molecule has 1 aromatic carbocycles. The molecule has 20 heavy (non-hydrogen) atoms. The van der Waals surface area contributed by atoms with Crippen LogP contribution in [0, 0.1) is 5.82 Å². The molecule has 1 aromatic rings. The third-order valence-electron chi connectivity index (χ3n) is 2.81. The lowest BCUT2D eigenvalue weighted by Crippen LogP contribution is -2.29. The highest BCUT2D eigenvalue weighted by molar-refractivity contribution is 9.10. The minimum absolute atomic E-state index is 0.0683. The molecule has 0 spiro atoms. The van der Waals surface area contributed by atoms with Crippen LogP contribution >= 0.6 is 15.9 Å². The molecule has 0 saturated carbocycles. The highest BCUT2D eigenvalue weighted by atomic mass is 79.9. The second-order valence-electron chi connectivity index (χ2n) is 4.25. The topological polar surface area (TPSA) is 72.6 Å². The van der Waals surface area contributed by atoms with E-state index in [9.17, 15) is 12.8 Å². The summed E-state index contributed by atoms with van der Waals surface area (Å²) in [5, 5.41) is 0. The van der Waals surface area contributed by atoms with E-state index in [-0.39, 0.29) is 23.5 Å². The van der Waals surface area contributed by atoms with Crippen molar-refractivity contribution in [2.24, 2.45) is 5.73 Å². The summed E-state index contributed by atoms with van der Waals surface area (Å²) in [6.07, 6.45) is 0.533. The summed E-state index contributed by atoms with van der Waals surface area (Å²) in [5.41, 5.74) is 5.58. The van der Waals surface area contributed by atoms with Gasteiger partial charge in [-0.1, -0.05) is 15.9 Å². The van der Waals surface area contributed by atoms with E-state index in [2.05, 4.69) is 15.9 Å². The van der Waals surface area contributed by atoms with Crippen LogP contribution in [0.15, 0.2) is 21.5 Å². The smallest absolute Gasteiger partial charge is 0.245 e. The monoisotopic (exact) mass is 368 g/mol. The highest BCUT2D eigenvalue weighted by Crippen LogP contribution is 2.26. The van der Waals surface area contributed by atoms with Crippen LogP contribution in [0.1, 0.15) is 12.0 Å². The third kappa shape index (κ3) is 3.98. The molecule has 0 amide bonds. The van der Waals surface area contributed by atoms with Gasteiger partial charge < -0.3 is 10.5 Å². The number of rotatable bonds is 7. The fraction of sp³-hybridized carbons (Fsp3) is 0.500. The Morgan fingerprint density at radius 3 is 2.65 bits per heavy atom. The van der Waals surface area contributed by atoms with Gasteiger partial charge in [0.15, 0.2) is 0 Å². The maximum Gasteiger partial charge on any atom is 0.245 e. The Hall–Kier alpha value is -0.540. The predicted octanol–water partition coefficient (Wildman–Crippen LogP) is 1.70. The SMILES string of the molecule is COCCCN(C)S(=O)(=O)c1cc(Br)cc(CN)c1F. The summed E-state index contributed by atoms with van der Waals surface area (Å²) >= 11 is 3.17. The first-order valence-electron chi connectivity index (χ1n) is 5.97. The van der Waals surface area contributed by atoms with Crippen LogP contribution in [0.5, 0.6) is 0 Å². The molecule has 5 nitrogen and oxygen atoms in total. The average molecular weight is 369 g/mol. The molecule has 0 bridgehead atoms. The maximum absolute atomic E-state index is 14.2. The van der Waals surface area contributed by atoms with Crippen molar-refractivity contribution in [3.63, 3.8) is 0 Å². The zero-order valence-corrected chi connectivity index (χ0v) is 13.8. The maximum atomic E-state index is 14.2. The lowest BCUT2D eigenvalue weighted by molar-refractivity contribution is 0.189. The second-order valence-corrected chi connectivity index (χ2v) is 7.18. The molecule has 2 N–H and O–H groups in total. The van der Waals surface area contributed by atoms with E-state index in [4.69, 9.17) is 10.5 Å². The molecular formula is C12H18BrFN2O3S. The van der Waals surface area contributed by atoms with E-state index in [1.807, 2.05) is 0 Å². The number of nitrogens with two attached hydrogens (primary N) is 1. The van der Waals surface area contributed by atoms with Crippen LogP contribution in [0.2, 0.25) is 0 Å². The molecule has 0 atom stereocenters. The number of methoxy groups -OCH3 is 1. The number of nitrogens with zero attached hydrogens (tertiary/aromatic N) is 1. The standard InChI is InChI=1S/C12H18BrFN2O3S/c1-16(4-3-5-19-2)20(17,18)11-7-10(13)6-9(8-15)12(11)14/h6-7H,3-5,8,15H2,1-2H3. The quantitative estimate of drug-likeness (QED) is 0.743.